The molecule has 1 aliphatic rings. The fourth-order valence-electron chi connectivity index (χ4n) is 2.57. The predicted octanol–water partition coefficient (Wildman–Crippen LogP) is 3.16. The lowest BCUT2D eigenvalue weighted by Crippen LogP contribution is -2.31. The first-order valence-corrected chi connectivity index (χ1v) is 9.68. The number of anilines is 1. The number of imide groups is 1. The van der Waals surface area contributed by atoms with E-state index in [1.807, 2.05) is 24.4 Å². The minimum Gasteiger partial charge on any atom is -0.492 e. The second-order valence-electron chi connectivity index (χ2n) is 5.10. The molecular formula is C18H17NO4S2. The summed E-state index contributed by atoms with van der Waals surface area (Å²) < 4.78 is 5.58. The van der Waals surface area contributed by atoms with Crippen LogP contribution in [0, 0.1) is 0 Å². The second-order valence-corrected chi connectivity index (χ2v) is 7.15. The first-order chi connectivity index (χ1) is 12.2. The maximum absolute atomic E-state index is 13.1. The largest absolute Gasteiger partial charge is 0.492 e. The van der Waals surface area contributed by atoms with Gasteiger partial charge >= 0.3 is 0 Å². The van der Waals surface area contributed by atoms with Crippen molar-refractivity contribution in [2.45, 2.75) is 6.92 Å². The number of benzene rings is 1. The molecule has 25 heavy (non-hydrogen) atoms. The van der Waals surface area contributed by atoms with E-state index in [4.69, 9.17) is 9.84 Å². The van der Waals surface area contributed by atoms with Crippen LogP contribution in [-0.4, -0.2) is 35.9 Å². The standard InChI is InChI=1S/C18H17NO4S2/c1-2-23-13-7-4-3-6-12(13)19-17(21)15(14-8-5-10-24-14)16(18(19)22)25-11-9-20/h3-8,10,20H,2,9,11H2,1H3. The summed E-state index contributed by atoms with van der Waals surface area (Å²) in [6, 6.07) is 10.7. The van der Waals surface area contributed by atoms with Crippen LogP contribution in [-0.2, 0) is 9.59 Å². The van der Waals surface area contributed by atoms with Crippen molar-refractivity contribution in [1.29, 1.82) is 0 Å². The average molecular weight is 375 g/mol. The lowest BCUT2D eigenvalue weighted by molar-refractivity contribution is -0.119. The van der Waals surface area contributed by atoms with Gasteiger partial charge in [-0.05, 0) is 30.5 Å². The van der Waals surface area contributed by atoms with Gasteiger partial charge in [0.1, 0.15) is 5.75 Å². The molecule has 7 heteroatoms. The summed E-state index contributed by atoms with van der Waals surface area (Å²) in [6.45, 7) is 2.22. The van der Waals surface area contributed by atoms with Crippen molar-refractivity contribution < 1.29 is 19.4 Å². The van der Waals surface area contributed by atoms with Crippen LogP contribution in [0.1, 0.15) is 11.8 Å². The van der Waals surface area contributed by atoms with E-state index in [1.54, 1.807) is 24.3 Å². The Hall–Kier alpha value is -2.09. The molecule has 0 saturated carbocycles. The summed E-state index contributed by atoms with van der Waals surface area (Å²) in [5, 5.41) is 11.0. The van der Waals surface area contributed by atoms with Gasteiger partial charge in [0.15, 0.2) is 0 Å². The van der Waals surface area contributed by atoms with E-state index in [1.165, 1.54) is 28.0 Å². The van der Waals surface area contributed by atoms with Gasteiger partial charge in [-0.15, -0.1) is 23.1 Å². The molecule has 0 bridgehead atoms. The van der Waals surface area contributed by atoms with Gasteiger partial charge in [-0.25, -0.2) is 4.90 Å². The molecule has 0 atom stereocenters. The highest BCUT2D eigenvalue weighted by Gasteiger charge is 2.41. The molecule has 3 rings (SSSR count). The lowest BCUT2D eigenvalue weighted by Gasteiger charge is -2.18. The maximum atomic E-state index is 13.1. The van der Waals surface area contributed by atoms with E-state index in [9.17, 15) is 9.59 Å². The molecule has 0 unspecified atom stereocenters. The third-order valence-corrected chi connectivity index (χ3v) is 5.49. The molecule has 1 aliphatic heterocycles. The number of aliphatic hydroxyl groups is 1. The number of para-hydroxylation sites is 2. The summed E-state index contributed by atoms with van der Waals surface area (Å²) in [7, 11) is 0. The van der Waals surface area contributed by atoms with Crippen molar-refractivity contribution >= 4 is 46.2 Å². The normalized spacial score (nSPS) is 14.6. The smallest absolute Gasteiger partial charge is 0.272 e. The number of thioether (sulfide) groups is 1. The Morgan fingerprint density at radius 2 is 1.96 bits per heavy atom. The molecule has 2 amide bonds. The van der Waals surface area contributed by atoms with E-state index >= 15 is 0 Å². The first kappa shape index (κ1) is 17.7. The highest BCUT2D eigenvalue weighted by molar-refractivity contribution is 8.04. The molecule has 1 aromatic heterocycles. The Balaban J connectivity index is 2.06. The highest BCUT2D eigenvalue weighted by atomic mass is 32.2. The van der Waals surface area contributed by atoms with Crippen LogP contribution in [0.3, 0.4) is 0 Å². The number of amides is 2. The zero-order chi connectivity index (χ0) is 17.8. The van der Waals surface area contributed by atoms with Gasteiger partial charge in [-0.3, -0.25) is 9.59 Å². The zero-order valence-electron chi connectivity index (χ0n) is 13.6. The van der Waals surface area contributed by atoms with Crippen molar-refractivity contribution in [1.82, 2.24) is 0 Å². The van der Waals surface area contributed by atoms with Crippen LogP contribution in [0.5, 0.6) is 5.75 Å². The van der Waals surface area contributed by atoms with E-state index in [0.717, 1.165) is 4.88 Å². The van der Waals surface area contributed by atoms with Gasteiger partial charge < -0.3 is 9.84 Å². The number of nitrogens with zero attached hydrogens (tertiary/aromatic N) is 1. The van der Waals surface area contributed by atoms with Gasteiger partial charge in [0.2, 0.25) is 0 Å². The molecule has 5 nitrogen and oxygen atoms in total. The zero-order valence-corrected chi connectivity index (χ0v) is 15.2. The minimum absolute atomic E-state index is 0.0666. The Morgan fingerprint density at radius 3 is 2.64 bits per heavy atom. The molecule has 0 aliphatic carbocycles. The number of aliphatic hydroxyl groups excluding tert-OH is 1. The van der Waals surface area contributed by atoms with Crippen molar-refractivity contribution in [2.75, 3.05) is 23.9 Å². The summed E-state index contributed by atoms with van der Waals surface area (Å²) in [6.07, 6.45) is 0. The van der Waals surface area contributed by atoms with Crippen molar-refractivity contribution in [2.24, 2.45) is 0 Å². The van der Waals surface area contributed by atoms with Gasteiger partial charge in [0.25, 0.3) is 11.8 Å². The Bertz CT molecular complexity index is 814. The molecule has 0 radical (unpaired) electrons. The third-order valence-electron chi connectivity index (χ3n) is 3.55. The van der Waals surface area contributed by atoms with Crippen molar-refractivity contribution in [3.8, 4) is 5.75 Å². The number of rotatable bonds is 7. The van der Waals surface area contributed by atoms with E-state index in [-0.39, 0.29) is 18.4 Å². The molecular weight excluding hydrogens is 358 g/mol. The minimum atomic E-state index is -0.376. The van der Waals surface area contributed by atoms with Crippen LogP contribution in [0.4, 0.5) is 5.69 Å². The van der Waals surface area contributed by atoms with Crippen LogP contribution in [0.25, 0.3) is 5.57 Å². The number of hydrogen-bond donors (Lipinski definition) is 1. The monoisotopic (exact) mass is 375 g/mol. The van der Waals surface area contributed by atoms with Crippen LogP contribution in [0.15, 0.2) is 46.7 Å². The first-order valence-electron chi connectivity index (χ1n) is 7.81. The Morgan fingerprint density at radius 1 is 1.16 bits per heavy atom. The summed E-state index contributed by atoms with van der Waals surface area (Å²) in [4.78, 5) is 28.3. The van der Waals surface area contributed by atoms with Gasteiger partial charge in [0.05, 0.1) is 29.4 Å². The number of carbonyl (C=O) groups excluding carboxylic acids is 2. The fourth-order valence-corrected chi connectivity index (χ4v) is 4.25. The number of carbonyl (C=O) groups is 2. The van der Waals surface area contributed by atoms with E-state index in [2.05, 4.69) is 0 Å². The molecule has 0 spiro atoms. The summed E-state index contributed by atoms with van der Waals surface area (Å²) in [5.41, 5.74) is 0.831. The van der Waals surface area contributed by atoms with Crippen LogP contribution < -0.4 is 9.64 Å². The van der Waals surface area contributed by atoms with Gasteiger partial charge in [-0.1, -0.05) is 18.2 Å². The summed E-state index contributed by atoms with van der Waals surface area (Å²) in [5.74, 6) is 0.106. The van der Waals surface area contributed by atoms with E-state index in [0.29, 0.717) is 34.3 Å². The number of thiophene rings is 1. The topological polar surface area (TPSA) is 66.8 Å². The van der Waals surface area contributed by atoms with Crippen LogP contribution in [0.2, 0.25) is 0 Å². The predicted molar refractivity (Wildman–Crippen MR) is 101 cm³/mol. The second kappa shape index (κ2) is 7.86. The Labute approximate surface area is 153 Å². The van der Waals surface area contributed by atoms with Crippen LogP contribution >= 0.6 is 23.1 Å². The highest BCUT2D eigenvalue weighted by Crippen LogP contribution is 2.42. The van der Waals surface area contributed by atoms with Crippen molar-refractivity contribution in [3.63, 3.8) is 0 Å². The van der Waals surface area contributed by atoms with E-state index < -0.39 is 0 Å². The summed E-state index contributed by atoms with van der Waals surface area (Å²) >= 11 is 2.61. The number of ether oxygens (including phenoxy) is 1. The average Bonchev–Trinajstić information content (AvgIpc) is 3.21. The quantitative estimate of drug-likeness (QED) is 0.753. The van der Waals surface area contributed by atoms with Gasteiger partial charge in [-0.2, -0.15) is 0 Å². The molecule has 130 valence electrons. The molecule has 0 fully saturated rings. The molecule has 1 aromatic carbocycles. The SMILES string of the molecule is CCOc1ccccc1N1C(=O)C(SCCO)=C(c2cccs2)C1=O. The fraction of sp³-hybridized carbons (Fsp3) is 0.222. The molecule has 2 heterocycles. The van der Waals surface area contributed by atoms with Gasteiger partial charge in [0, 0.05) is 10.6 Å². The van der Waals surface area contributed by atoms with Crippen molar-refractivity contribution in [3.05, 3.63) is 51.6 Å². The molecule has 2 aromatic rings. The Kier molecular flexibility index (Phi) is 5.57. The maximum Gasteiger partial charge on any atom is 0.272 e. The lowest BCUT2D eigenvalue weighted by atomic mass is 10.2. The molecule has 1 N–H and O–H groups in total. The number of hydrogen-bond acceptors (Lipinski definition) is 6. The third kappa shape index (κ3) is 3.35. The molecule has 0 saturated heterocycles.